The average molecular weight is 238 g/mol. The molecule has 5 heteroatoms. The molecule has 1 aromatic carbocycles. The number of carbonyl (C=O) groups is 1. The number of hydrogen-bond acceptors (Lipinski definition) is 4. The molecule has 1 aliphatic heterocycles. The Morgan fingerprint density at radius 2 is 2.44 bits per heavy atom. The smallest absolute Gasteiger partial charge is 0.234 e. The summed E-state index contributed by atoms with van der Waals surface area (Å²) in [5.41, 5.74) is 1.89. The van der Waals surface area contributed by atoms with Gasteiger partial charge in [0.1, 0.15) is 0 Å². The quantitative estimate of drug-likeness (QED) is 0.785. The topological polar surface area (TPSA) is 50.4 Å². The standard InChI is InChI=1S/C11H14N2O2S/c1-15-5-4-12-8-2-3-10-9(6-8)13-11(14)7-16-10/h2-3,6,12H,4-5,7H2,1H3,(H,13,14). The zero-order valence-corrected chi connectivity index (χ0v) is 9.89. The van der Waals surface area contributed by atoms with E-state index in [4.69, 9.17) is 4.74 Å². The monoisotopic (exact) mass is 238 g/mol. The van der Waals surface area contributed by atoms with E-state index in [0.717, 1.165) is 22.8 Å². The number of ether oxygens (including phenoxy) is 1. The van der Waals surface area contributed by atoms with Gasteiger partial charge in [0.05, 0.1) is 18.0 Å². The first-order chi connectivity index (χ1) is 7.79. The number of benzene rings is 1. The molecule has 4 nitrogen and oxygen atoms in total. The van der Waals surface area contributed by atoms with Crippen LogP contribution in [0.15, 0.2) is 23.1 Å². The van der Waals surface area contributed by atoms with Crippen molar-refractivity contribution in [2.45, 2.75) is 4.90 Å². The number of thioether (sulfide) groups is 1. The van der Waals surface area contributed by atoms with Crippen LogP contribution in [-0.4, -0.2) is 31.9 Å². The van der Waals surface area contributed by atoms with Crippen molar-refractivity contribution in [2.75, 3.05) is 36.6 Å². The summed E-state index contributed by atoms with van der Waals surface area (Å²) < 4.78 is 4.96. The molecular formula is C11H14N2O2S. The van der Waals surface area contributed by atoms with Gasteiger partial charge in [-0.05, 0) is 18.2 Å². The van der Waals surface area contributed by atoms with Gasteiger partial charge in [0, 0.05) is 24.2 Å². The highest BCUT2D eigenvalue weighted by Gasteiger charge is 2.14. The van der Waals surface area contributed by atoms with Crippen molar-refractivity contribution in [3.05, 3.63) is 18.2 Å². The molecule has 2 rings (SSSR count). The number of methoxy groups -OCH3 is 1. The summed E-state index contributed by atoms with van der Waals surface area (Å²) in [6, 6.07) is 5.99. The fraction of sp³-hybridized carbons (Fsp3) is 0.364. The zero-order chi connectivity index (χ0) is 11.4. The van der Waals surface area contributed by atoms with Crippen LogP contribution in [0.1, 0.15) is 0 Å². The second-order valence-electron chi connectivity index (χ2n) is 3.47. The average Bonchev–Trinajstić information content (AvgIpc) is 2.29. The highest BCUT2D eigenvalue weighted by atomic mass is 32.2. The summed E-state index contributed by atoms with van der Waals surface area (Å²) in [7, 11) is 1.67. The molecule has 1 amide bonds. The molecule has 0 saturated carbocycles. The fourth-order valence-electron chi connectivity index (χ4n) is 1.49. The first-order valence-electron chi connectivity index (χ1n) is 5.09. The molecular weight excluding hydrogens is 224 g/mol. The number of fused-ring (bicyclic) bond motifs is 1. The molecule has 0 fully saturated rings. The van der Waals surface area contributed by atoms with Gasteiger partial charge in [-0.15, -0.1) is 11.8 Å². The van der Waals surface area contributed by atoms with Crippen LogP contribution in [0.4, 0.5) is 11.4 Å². The summed E-state index contributed by atoms with van der Waals surface area (Å²) in [6.07, 6.45) is 0. The maximum atomic E-state index is 11.2. The molecule has 1 aliphatic rings. The minimum Gasteiger partial charge on any atom is -0.383 e. The van der Waals surface area contributed by atoms with Crippen molar-refractivity contribution < 1.29 is 9.53 Å². The van der Waals surface area contributed by atoms with Gasteiger partial charge < -0.3 is 15.4 Å². The highest BCUT2D eigenvalue weighted by molar-refractivity contribution is 8.00. The highest BCUT2D eigenvalue weighted by Crippen LogP contribution is 2.33. The van der Waals surface area contributed by atoms with Crippen LogP contribution in [0, 0.1) is 0 Å². The molecule has 1 heterocycles. The molecule has 86 valence electrons. The number of rotatable bonds is 4. The first-order valence-corrected chi connectivity index (χ1v) is 6.07. The van der Waals surface area contributed by atoms with Gasteiger partial charge in [0.2, 0.25) is 5.91 Å². The van der Waals surface area contributed by atoms with Crippen LogP contribution >= 0.6 is 11.8 Å². The van der Waals surface area contributed by atoms with Crippen LogP contribution in [0.5, 0.6) is 0 Å². The molecule has 0 aromatic heterocycles. The molecule has 0 radical (unpaired) electrons. The van der Waals surface area contributed by atoms with E-state index in [1.165, 1.54) is 0 Å². The molecule has 0 unspecified atom stereocenters. The number of anilines is 2. The molecule has 0 aliphatic carbocycles. The summed E-state index contributed by atoms with van der Waals surface area (Å²) in [4.78, 5) is 12.3. The Hall–Kier alpha value is -1.20. The van der Waals surface area contributed by atoms with Crippen molar-refractivity contribution in [2.24, 2.45) is 0 Å². The van der Waals surface area contributed by atoms with E-state index in [0.29, 0.717) is 12.4 Å². The third-order valence-corrected chi connectivity index (χ3v) is 3.32. The van der Waals surface area contributed by atoms with E-state index < -0.39 is 0 Å². The molecule has 0 atom stereocenters. The van der Waals surface area contributed by atoms with Crippen LogP contribution in [-0.2, 0) is 9.53 Å². The second-order valence-corrected chi connectivity index (χ2v) is 4.48. The van der Waals surface area contributed by atoms with Gasteiger partial charge in [0.15, 0.2) is 0 Å². The molecule has 2 N–H and O–H groups in total. The molecule has 0 bridgehead atoms. The van der Waals surface area contributed by atoms with Gasteiger partial charge in [-0.1, -0.05) is 0 Å². The zero-order valence-electron chi connectivity index (χ0n) is 9.08. The minimum absolute atomic E-state index is 0.0616. The fourth-order valence-corrected chi connectivity index (χ4v) is 2.28. The van der Waals surface area contributed by atoms with Gasteiger partial charge in [-0.25, -0.2) is 0 Å². The van der Waals surface area contributed by atoms with Gasteiger partial charge >= 0.3 is 0 Å². The minimum atomic E-state index is 0.0616. The third-order valence-electron chi connectivity index (χ3n) is 2.25. The number of carbonyl (C=O) groups excluding carboxylic acids is 1. The Labute approximate surface area is 98.7 Å². The predicted octanol–water partition coefficient (Wildman–Crippen LogP) is 1.79. The largest absolute Gasteiger partial charge is 0.383 e. The number of nitrogens with one attached hydrogen (secondary N) is 2. The Balaban J connectivity index is 2.06. The summed E-state index contributed by atoms with van der Waals surface area (Å²) in [5.74, 6) is 0.565. The van der Waals surface area contributed by atoms with E-state index in [2.05, 4.69) is 10.6 Å². The lowest BCUT2D eigenvalue weighted by atomic mass is 10.2. The van der Waals surface area contributed by atoms with E-state index in [9.17, 15) is 4.79 Å². The molecule has 1 aromatic rings. The molecule has 16 heavy (non-hydrogen) atoms. The molecule has 0 spiro atoms. The van der Waals surface area contributed by atoms with E-state index in [1.54, 1.807) is 18.9 Å². The van der Waals surface area contributed by atoms with Crippen LogP contribution in [0.25, 0.3) is 0 Å². The van der Waals surface area contributed by atoms with Crippen molar-refractivity contribution in [3.8, 4) is 0 Å². The van der Waals surface area contributed by atoms with Crippen LogP contribution in [0.3, 0.4) is 0 Å². The van der Waals surface area contributed by atoms with Crippen molar-refractivity contribution in [3.63, 3.8) is 0 Å². The van der Waals surface area contributed by atoms with Crippen LogP contribution in [0.2, 0.25) is 0 Å². The maximum Gasteiger partial charge on any atom is 0.234 e. The van der Waals surface area contributed by atoms with Gasteiger partial charge in [-0.2, -0.15) is 0 Å². The van der Waals surface area contributed by atoms with E-state index >= 15 is 0 Å². The normalized spacial score (nSPS) is 14.2. The van der Waals surface area contributed by atoms with Crippen molar-refractivity contribution in [1.29, 1.82) is 0 Å². The summed E-state index contributed by atoms with van der Waals surface area (Å²) >= 11 is 1.57. The van der Waals surface area contributed by atoms with Crippen molar-refractivity contribution in [1.82, 2.24) is 0 Å². The lowest BCUT2D eigenvalue weighted by Crippen LogP contribution is -2.18. The van der Waals surface area contributed by atoms with Crippen molar-refractivity contribution >= 4 is 29.0 Å². The predicted molar refractivity (Wildman–Crippen MR) is 66.2 cm³/mol. The Morgan fingerprint density at radius 3 is 3.25 bits per heavy atom. The maximum absolute atomic E-state index is 11.2. The third kappa shape index (κ3) is 2.68. The SMILES string of the molecule is COCCNc1ccc2c(c1)NC(=O)CS2. The lowest BCUT2D eigenvalue weighted by molar-refractivity contribution is -0.113. The van der Waals surface area contributed by atoms with Crippen LogP contribution < -0.4 is 10.6 Å². The Bertz CT molecular complexity index is 396. The van der Waals surface area contributed by atoms with Gasteiger partial charge in [0.25, 0.3) is 0 Å². The number of amides is 1. The second kappa shape index (κ2) is 5.23. The Kier molecular flexibility index (Phi) is 3.69. The van der Waals surface area contributed by atoms with E-state index in [1.807, 2.05) is 18.2 Å². The lowest BCUT2D eigenvalue weighted by Gasteiger charge is -2.17. The molecule has 0 saturated heterocycles. The van der Waals surface area contributed by atoms with Gasteiger partial charge in [-0.3, -0.25) is 4.79 Å². The number of hydrogen-bond donors (Lipinski definition) is 2. The van der Waals surface area contributed by atoms with E-state index in [-0.39, 0.29) is 5.91 Å². The summed E-state index contributed by atoms with van der Waals surface area (Å²) in [5, 5.41) is 6.08. The Morgan fingerprint density at radius 1 is 1.56 bits per heavy atom. The first kappa shape index (κ1) is 11.3. The summed E-state index contributed by atoms with van der Waals surface area (Å²) in [6.45, 7) is 1.43.